The zero-order valence-electron chi connectivity index (χ0n) is 9.14. The molecule has 0 N–H and O–H groups in total. The largest absolute Gasteiger partial charge is 0.387 e. The summed E-state index contributed by atoms with van der Waals surface area (Å²) in [5.74, 6) is -3.47. The first-order valence-electron chi connectivity index (χ1n) is 4.88. The Morgan fingerprint density at radius 1 is 1.26 bits per heavy atom. The molecule has 5 nitrogen and oxygen atoms in total. The van der Waals surface area contributed by atoms with Gasteiger partial charge in [0.15, 0.2) is 5.82 Å². The van der Waals surface area contributed by atoms with Gasteiger partial charge in [-0.2, -0.15) is 10.2 Å². The van der Waals surface area contributed by atoms with Crippen molar-refractivity contribution in [3.05, 3.63) is 52.8 Å². The molecule has 0 unspecified atom stereocenters. The van der Waals surface area contributed by atoms with Crippen molar-refractivity contribution < 1.29 is 23.4 Å². The van der Waals surface area contributed by atoms with E-state index in [9.17, 15) is 13.6 Å². The van der Waals surface area contributed by atoms with Gasteiger partial charge in [-0.1, -0.05) is 11.6 Å². The molecule has 0 saturated carbocycles. The fourth-order valence-corrected chi connectivity index (χ4v) is 1.37. The molecular formula is C11H5ClF2N2O3. The van der Waals surface area contributed by atoms with Crippen molar-refractivity contribution in [2.24, 2.45) is 0 Å². The lowest BCUT2D eigenvalue weighted by molar-refractivity contribution is -0.151. The molecule has 0 radical (unpaired) electrons. The first-order chi connectivity index (χ1) is 9.08. The van der Waals surface area contributed by atoms with Crippen LogP contribution < -0.4 is 4.89 Å². The number of halogens is 3. The van der Waals surface area contributed by atoms with Gasteiger partial charge in [-0.05, 0) is 12.1 Å². The van der Waals surface area contributed by atoms with E-state index in [1.165, 1.54) is 12.3 Å². The van der Waals surface area contributed by atoms with Gasteiger partial charge in [0.1, 0.15) is 5.82 Å². The zero-order valence-corrected chi connectivity index (χ0v) is 9.90. The second-order valence-electron chi connectivity index (χ2n) is 3.28. The van der Waals surface area contributed by atoms with Crippen molar-refractivity contribution in [1.82, 2.24) is 10.2 Å². The summed E-state index contributed by atoms with van der Waals surface area (Å²) in [4.78, 5) is 20.3. The van der Waals surface area contributed by atoms with Crippen LogP contribution in [0.15, 0.2) is 30.6 Å². The number of hydrogen-bond acceptors (Lipinski definition) is 5. The zero-order chi connectivity index (χ0) is 13.8. The lowest BCUT2D eigenvalue weighted by Gasteiger charge is -2.06. The molecule has 1 heterocycles. The second kappa shape index (κ2) is 5.57. The standard InChI is InChI=1S/C11H5ClF2N2O3/c12-8-3-7(13)4-9(14)10(8)18-19-11(17)6-1-2-15-16-5-6/h1-5H. The number of nitrogens with zero attached hydrogens (tertiary/aromatic N) is 2. The maximum absolute atomic E-state index is 13.3. The monoisotopic (exact) mass is 286 g/mol. The lowest BCUT2D eigenvalue weighted by Crippen LogP contribution is -2.10. The van der Waals surface area contributed by atoms with Gasteiger partial charge >= 0.3 is 5.97 Å². The molecule has 0 atom stereocenters. The van der Waals surface area contributed by atoms with Crippen LogP contribution in [-0.2, 0) is 4.89 Å². The molecule has 1 aromatic heterocycles. The number of hydrogen-bond donors (Lipinski definition) is 0. The summed E-state index contributed by atoms with van der Waals surface area (Å²) in [6.07, 6.45) is 2.40. The normalized spacial score (nSPS) is 10.1. The highest BCUT2D eigenvalue weighted by Crippen LogP contribution is 2.29. The van der Waals surface area contributed by atoms with E-state index in [4.69, 9.17) is 11.6 Å². The fraction of sp³-hybridized carbons (Fsp3) is 0. The minimum atomic E-state index is -1.09. The smallest absolute Gasteiger partial charge is 0.282 e. The minimum Gasteiger partial charge on any atom is -0.282 e. The third kappa shape index (κ3) is 3.14. The van der Waals surface area contributed by atoms with E-state index >= 15 is 0 Å². The summed E-state index contributed by atoms with van der Waals surface area (Å²) in [5.41, 5.74) is 0.0497. The van der Waals surface area contributed by atoms with E-state index in [2.05, 4.69) is 20.0 Å². The van der Waals surface area contributed by atoms with Crippen LogP contribution in [-0.4, -0.2) is 16.2 Å². The fourth-order valence-electron chi connectivity index (χ4n) is 1.15. The summed E-state index contributed by atoms with van der Waals surface area (Å²) >= 11 is 5.55. The average Bonchev–Trinajstić information content (AvgIpc) is 2.38. The quantitative estimate of drug-likeness (QED) is 0.641. The highest BCUT2D eigenvalue weighted by Gasteiger charge is 2.16. The van der Waals surface area contributed by atoms with Gasteiger partial charge in [-0.25, -0.2) is 18.5 Å². The molecule has 0 fully saturated rings. The van der Waals surface area contributed by atoms with E-state index in [1.54, 1.807) is 0 Å². The molecule has 0 amide bonds. The number of carbonyl (C=O) groups is 1. The Labute approximate surface area is 110 Å². The van der Waals surface area contributed by atoms with Crippen molar-refractivity contribution in [3.8, 4) is 5.75 Å². The Hall–Kier alpha value is -2.28. The maximum Gasteiger partial charge on any atom is 0.387 e. The second-order valence-corrected chi connectivity index (χ2v) is 3.69. The highest BCUT2D eigenvalue weighted by atomic mass is 35.5. The Morgan fingerprint density at radius 2 is 2.05 bits per heavy atom. The summed E-state index contributed by atoms with van der Waals surface area (Å²) in [6.45, 7) is 0. The Balaban J connectivity index is 2.10. The molecule has 8 heteroatoms. The van der Waals surface area contributed by atoms with Crippen molar-refractivity contribution in [1.29, 1.82) is 0 Å². The van der Waals surface area contributed by atoms with Crippen LogP contribution in [0.4, 0.5) is 8.78 Å². The number of carbonyl (C=O) groups excluding carboxylic acids is 1. The topological polar surface area (TPSA) is 61.3 Å². The molecule has 2 aromatic rings. The molecule has 0 aliphatic heterocycles. The third-order valence-corrected chi connectivity index (χ3v) is 2.26. The lowest BCUT2D eigenvalue weighted by atomic mass is 10.3. The van der Waals surface area contributed by atoms with Gasteiger partial charge in [-0.15, -0.1) is 0 Å². The molecule has 0 bridgehead atoms. The Kier molecular flexibility index (Phi) is 3.86. The SMILES string of the molecule is O=C(OOc1c(F)cc(F)cc1Cl)c1ccnnc1. The van der Waals surface area contributed by atoms with E-state index in [-0.39, 0.29) is 10.6 Å². The van der Waals surface area contributed by atoms with E-state index < -0.39 is 23.4 Å². The molecule has 1 aromatic carbocycles. The molecule has 0 saturated heterocycles. The van der Waals surface area contributed by atoms with Crippen LogP contribution in [0.1, 0.15) is 10.4 Å². The van der Waals surface area contributed by atoms with Gasteiger partial charge in [0.05, 0.1) is 23.0 Å². The first-order valence-corrected chi connectivity index (χ1v) is 5.26. The molecule has 0 spiro atoms. The van der Waals surface area contributed by atoms with Crippen molar-refractivity contribution in [2.45, 2.75) is 0 Å². The van der Waals surface area contributed by atoms with Crippen LogP contribution in [0.5, 0.6) is 5.75 Å². The number of aromatic nitrogens is 2. The molecule has 0 aliphatic carbocycles. The van der Waals surface area contributed by atoms with Crippen molar-refractivity contribution in [2.75, 3.05) is 0 Å². The van der Waals surface area contributed by atoms with Crippen LogP contribution in [0.3, 0.4) is 0 Å². The van der Waals surface area contributed by atoms with Gasteiger partial charge < -0.3 is 0 Å². The number of benzene rings is 1. The molecule has 0 aliphatic rings. The summed E-state index contributed by atoms with van der Waals surface area (Å²) in [7, 11) is 0. The van der Waals surface area contributed by atoms with E-state index in [0.29, 0.717) is 6.07 Å². The van der Waals surface area contributed by atoms with Crippen LogP contribution in [0, 0.1) is 11.6 Å². The molecule has 2 rings (SSSR count). The highest BCUT2D eigenvalue weighted by molar-refractivity contribution is 6.32. The Morgan fingerprint density at radius 3 is 2.68 bits per heavy atom. The average molecular weight is 287 g/mol. The van der Waals surface area contributed by atoms with Crippen LogP contribution in [0.25, 0.3) is 0 Å². The molecule has 19 heavy (non-hydrogen) atoms. The minimum absolute atomic E-state index is 0.0497. The van der Waals surface area contributed by atoms with E-state index in [0.717, 1.165) is 12.3 Å². The predicted molar refractivity (Wildman–Crippen MR) is 59.4 cm³/mol. The summed E-state index contributed by atoms with van der Waals surface area (Å²) in [5, 5.41) is 6.55. The predicted octanol–water partition coefficient (Wildman–Crippen LogP) is 2.56. The van der Waals surface area contributed by atoms with Gasteiger partial charge in [0.2, 0.25) is 5.75 Å². The van der Waals surface area contributed by atoms with E-state index in [1.807, 2.05) is 0 Å². The maximum atomic E-state index is 13.3. The summed E-state index contributed by atoms with van der Waals surface area (Å²) in [6, 6.07) is 2.69. The first kappa shape index (κ1) is 13.2. The van der Waals surface area contributed by atoms with Crippen LogP contribution >= 0.6 is 11.6 Å². The van der Waals surface area contributed by atoms with Gasteiger partial charge in [0, 0.05) is 6.07 Å². The Bertz CT molecular complexity index is 587. The summed E-state index contributed by atoms with van der Waals surface area (Å²) < 4.78 is 26.1. The van der Waals surface area contributed by atoms with Crippen molar-refractivity contribution >= 4 is 17.6 Å². The van der Waals surface area contributed by atoms with Gasteiger partial charge in [0.25, 0.3) is 0 Å². The third-order valence-electron chi connectivity index (χ3n) is 1.98. The molecule has 98 valence electrons. The number of rotatable bonds is 3. The van der Waals surface area contributed by atoms with Crippen LogP contribution in [0.2, 0.25) is 5.02 Å². The van der Waals surface area contributed by atoms with Gasteiger partial charge in [-0.3, -0.25) is 4.89 Å². The van der Waals surface area contributed by atoms with Crippen molar-refractivity contribution in [3.63, 3.8) is 0 Å². The molecular weight excluding hydrogens is 282 g/mol.